The van der Waals surface area contributed by atoms with Crippen LogP contribution in [-0.2, 0) is 10.2 Å². The number of rotatable bonds is 5. The largest absolute Gasteiger partial charge is 0.493 e. The fourth-order valence-electron chi connectivity index (χ4n) is 2.56. The van der Waals surface area contributed by atoms with Gasteiger partial charge in [0.1, 0.15) is 0 Å². The minimum absolute atomic E-state index is 0.00104. The highest BCUT2D eigenvalue weighted by Crippen LogP contribution is 2.36. The lowest BCUT2D eigenvalue weighted by atomic mass is 9.87. The number of amides is 2. The molecule has 0 aliphatic carbocycles. The van der Waals surface area contributed by atoms with E-state index >= 15 is 0 Å². The minimum atomic E-state index is -0.490. The standard InChI is InChI=1S/C22H25ClN2O4/c1-22(2,3)16-9-7-15(8-10-16)21(27)25-24-19(26)11-6-14-12-17(23)20(29-5)18(13-14)28-4/h6-13H,1-5H3,(H,24,26)(H,25,27)/b11-6+. The van der Waals surface area contributed by atoms with Crippen LogP contribution in [0.4, 0.5) is 0 Å². The summed E-state index contributed by atoms with van der Waals surface area (Å²) in [6, 6.07) is 10.6. The molecular weight excluding hydrogens is 392 g/mol. The summed E-state index contributed by atoms with van der Waals surface area (Å²) >= 11 is 6.14. The Morgan fingerprint density at radius 1 is 1.00 bits per heavy atom. The summed E-state index contributed by atoms with van der Waals surface area (Å²) in [6.07, 6.45) is 2.83. The number of hydrogen-bond acceptors (Lipinski definition) is 4. The van der Waals surface area contributed by atoms with Gasteiger partial charge in [-0.2, -0.15) is 0 Å². The van der Waals surface area contributed by atoms with Gasteiger partial charge in [0.25, 0.3) is 11.8 Å². The highest BCUT2D eigenvalue weighted by atomic mass is 35.5. The minimum Gasteiger partial charge on any atom is -0.493 e. The molecule has 0 aliphatic heterocycles. The van der Waals surface area contributed by atoms with Crippen LogP contribution in [0, 0.1) is 0 Å². The van der Waals surface area contributed by atoms with Gasteiger partial charge in [-0.25, -0.2) is 0 Å². The van der Waals surface area contributed by atoms with Crippen molar-refractivity contribution in [2.24, 2.45) is 0 Å². The maximum absolute atomic E-state index is 12.2. The molecule has 0 spiro atoms. The predicted octanol–water partition coefficient (Wildman–Crippen LogP) is 4.13. The zero-order chi connectivity index (χ0) is 21.6. The molecule has 154 valence electrons. The molecule has 0 unspecified atom stereocenters. The van der Waals surface area contributed by atoms with E-state index in [1.54, 1.807) is 30.3 Å². The van der Waals surface area contributed by atoms with E-state index in [9.17, 15) is 9.59 Å². The maximum Gasteiger partial charge on any atom is 0.269 e. The number of hydrogen-bond donors (Lipinski definition) is 2. The second-order valence-corrected chi connectivity index (χ2v) is 7.75. The van der Waals surface area contributed by atoms with Gasteiger partial charge in [-0.3, -0.25) is 20.4 Å². The van der Waals surface area contributed by atoms with Crippen molar-refractivity contribution in [1.29, 1.82) is 0 Å². The van der Waals surface area contributed by atoms with Crippen LogP contribution in [0.3, 0.4) is 0 Å². The second-order valence-electron chi connectivity index (χ2n) is 7.34. The highest BCUT2D eigenvalue weighted by molar-refractivity contribution is 6.32. The van der Waals surface area contributed by atoms with Gasteiger partial charge in [0.05, 0.1) is 19.2 Å². The van der Waals surface area contributed by atoms with E-state index in [-0.39, 0.29) is 5.41 Å². The second kappa shape index (κ2) is 9.47. The van der Waals surface area contributed by atoms with Crippen molar-refractivity contribution in [1.82, 2.24) is 10.9 Å². The Morgan fingerprint density at radius 2 is 1.66 bits per heavy atom. The van der Waals surface area contributed by atoms with Crippen molar-refractivity contribution in [3.63, 3.8) is 0 Å². The van der Waals surface area contributed by atoms with Crippen LogP contribution in [0.25, 0.3) is 6.08 Å². The summed E-state index contributed by atoms with van der Waals surface area (Å²) < 4.78 is 10.4. The molecule has 0 heterocycles. The quantitative estimate of drug-likeness (QED) is 0.567. The third kappa shape index (κ3) is 5.99. The molecule has 6 nitrogen and oxygen atoms in total. The zero-order valence-corrected chi connectivity index (χ0v) is 17.9. The molecule has 0 radical (unpaired) electrons. The maximum atomic E-state index is 12.2. The summed E-state index contributed by atoms with van der Waals surface area (Å²) in [4.78, 5) is 24.2. The lowest BCUT2D eigenvalue weighted by Gasteiger charge is -2.19. The van der Waals surface area contributed by atoms with Crippen molar-refractivity contribution in [3.05, 3.63) is 64.2 Å². The number of halogens is 1. The van der Waals surface area contributed by atoms with Crippen LogP contribution in [0.15, 0.2) is 42.5 Å². The third-order valence-corrected chi connectivity index (χ3v) is 4.48. The van der Waals surface area contributed by atoms with Gasteiger partial charge < -0.3 is 9.47 Å². The van der Waals surface area contributed by atoms with E-state index in [0.717, 1.165) is 5.56 Å². The molecule has 2 N–H and O–H groups in total. The Kier molecular flexibility index (Phi) is 7.29. The number of carbonyl (C=O) groups is 2. The van der Waals surface area contributed by atoms with Crippen LogP contribution in [0.2, 0.25) is 5.02 Å². The van der Waals surface area contributed by atoms with E-state index < -0.39 is 11.8 Å². The average molecular weight is 417 g/mol. The number of benzene rings is 2. The number of methoxy groups -OCH3 is 2. The molecule has 0 atom stereocenters. The SMILES string of the molecule is COc1cc(/C=C/C(=O)NNC(=O)c2ccc(C(C)(C)C)cc2)cc(Cl)c1OC. The lowest BCUT2D eigenvalue weighted by Crippen LogP contribution is -2.40. The Balaban J connectivity index is 1.97. The van der Waals surface area contributed by atoms with Crippen molar-refractivity contribution >= 4 is 29.5 Å². The number of carbonyl (C=O) groups excluding carboxylic acids is 2. The smallest absolute Gasteiger partial charge is 0.269 e. The first-order chi connectivity index (χ1) is 13.7. The molecule has 2 rings (SSSR count). The van der Waals surface area contributed by atoms with Crippen LogP contribution in [-0.4, -0.2) is 26.0 Å². The van der Waals surface area contributed by atoms with Crippen LogP contribution >= 0.6 is 11.6 Å². The molecule has 0 bridgehead atoms. The summed E-state index contributed by atoms with van der Waals surface area (Å²) in [5.74, 6) is -0.0236. The molecule has 29 heavy (non-hydrogen) atoms. The van der Waals surface area contributed by atoms with Crippen LogP contribution in [0.5, 0.6) is 11.5 Å². The van der Waals surface area contributed by atoms with E-state index in [4.69, 9.17) is 21.1 Å². The average Bonchev–Trinajstić information content (AvgIpc) is 2.69. The molecule has 0 saturated carbocycles. The van der Waals surface area contributed by atoms with Crippen molar-refractivity contribution < 1.29 is 19.1 Å². The normalized spacial score (nSPS) is 11.2. The predicted molar refractivity (Wildman–Crippen MR) is 114 cm³/mol. The van der Waals surface area contributed by atoms with Gasteiger partial charge in [0, 0.05) is 11.6 Å². The van der Waals surface area contributed by atoms with Gasteiger partial charge in [0.2, 0.25) is 0 Å². The number of nitrogens with one attached hydrogen (secondary N) is 2. The summed E-state index contributed by atoms with van der Waals surface area (Å²) in [5, 5.41) is 0.360. The van der Waals surface area contributed by atoms with Crippen molar-refractivity contribution in [3.8, 4) is 11.5 Å². The molecular formula is C22H25ClN2O4. The van der Waals surface area contributed by atoms with Gasteiger partial charge in [-0.15, -0.1) is 0 Å². The van der Waals surface area contributed by atoms with E-state index in [1.807, 2.05) is 12.1 Å². The first-order valence-corrected chi connectivity index (χ1v) is 9.34. The Morgan fingerprint density at radius 3 is 2.21 bits per heavy atom. The highest BCUT2D eigenvalue weighted by Gasteiger charge is 2.14. The molecule has 0 aromatic heterocycles. The first-order valence-electron chi connectivity index (χ1n) is 8.96. The van der Waals surface area contributed by atoms with Gasteiger partial charge in [-0.1, -0.05) is 44.5 Å². The molecule has 0 saturated heterocycles. The van der Waals surface area contributed by atoms with Crippen molar-refractivity contribution in [2.45, 2.75) is 26.2 Å². The summed E-state index contributed by atoms with van der Waals surface area (Å²) in [6.45, 7) is 6.29. The molecule has 2 aromatic carbocycles. The number of hydrazine groups is 1. The van der Waals surface area contributed by atoms with Crippen LogP contribution in [0.1, 0.15) is 42.3 Å². The number of ether oxygens (including phenoxy) is 2. The van der Waals surface area contributed by atoms with Gasteiger partial charge in [-0.05, 0) is 46.9 Å². The Hall–Kier alpha value is -2.99. The summed E-state index contributed by atoms with van der Waals surface area (Å²) in [7, 11) is 2.99. The summed E-state index contributed by atoms with van der Waals surface area (Å²) in [5.41, 5.74) is 6.95. The zero-order valence-electron chi connectivity index (χ0n) is 17.1. The fourth-order valence-corrected chi connectivity index (χ4v) is 2.86. The van der Waals surface area contributed by atoms with E-state index in [1.165, 1.54) is 20.3 Å². The Labute approximate surface area is 175 Å². The Bertz CT molecular complexity index is 916. The lowest BCUT2D eigenvalue weighted by molar-refractivity contribution is -0.117. The molecule has 0 aliphatic rings. The topological polar surface area (TPSA) is 76.7 Å². The molecule has 7 heteroatoms. The van der Waals surface area contributed by atoms with Crippen LogP contribution < -0.4 is 20.3 Å². The molecule has 0 fully saturated rings. The molecule has 2 aromatic rings. The van der Waals surface area contributed by atoms with Crippen molar-refractivity contribution in [2.75, 3.05) is 14.2 Å². The van der Waals surface area contributed by atoms with Gasteiger partial charge in [0.15, 0.2) is 11.5 Å². The first kappa shape index (κ1) is 22.3. The van der Waals surface area contributed by atoms with E-state index in [0.29, 0.717) is 27.6 Å². The monoisotopic (exact) mass is 416 g/mol. The molecule has 2 amide bonds. The van der Waals surface area contributed by atoms with E-state index in [2.05, 4.69) is 31.6 Å². The fraction of sp³-hybridized carbons (Fsp3) is 0.273. The third-order valence-electron chi connectivity index (χ3n) is 4.20. The van der Waals surface area contributed by atoms with Gasteiger partial charge >= 0.3 is 0 Å².